The summed E-state index contributed by atoms with van der Waals surface area (Å²) in [7, 11) is 3.02. The number of hydrogen-bond acceptors (Lipinski definition) is 5. The first-order valence-corrected chi connectivity index (χ1v) is 7.77. The minimum atomic E-state index is -0.193. The fourth-order valence-corrected chi connectivity index (χ4v) is 2.77. The third-order valence-corrected chi connectivity index (χ3v) is 4.01. The molecule has 1 aromatic carbocycles. The van der Waals surface area contributed by atoms with Crippen molar-refractivity contribution in [1.82, 2.24) is 9.80 Å². The Bertz CT molecular complexity index is 631. The summed E-state index contributed by atoms with van der Waals surface area (Å²) in [6.45, 7) is 1.92. The van der Waals surface area contributed by atoms with Crippen molar-refractivity contribution in [2.75, 3.05) is 40.4 Å². The van der Waals surface area contributed by atoms with E-state index in [4.69, 9.17) is 14.7 Å². The smallest absolute Gasteiger partial charge is 0.261 e. The highest BCUT2D eigenvalue weighted by atomic mass is 16.5. The van der Waals surface area contributed by atoms with Gasteiger partial charge in [-0.1, -0.05) is 6.07 Å². The van der Waals surface area contributed by atoms with Crippen LogP contribution >= 0.6 is 0 Å². The predicted molar refractivity (Wildman–Crippen MR) is 86.9 cm³/mol. The molecule has 0 spiro atoms. The quantitative estimate of drug-likeness (QED) is 0.830. The Labute approximate surface area is 141 Å². The number of carbonyl (C=O) groups excluding carboxylic acids is 2. The molecule has 1 aromatic rings. The number of amides is 2. The molecule has 7 nitrogen and oxygen atoms in total. The number of carbonyl (C=O) groups is 2. The highest BCUT2D eigenvalue weighted by Gasteiger charge is 2.26. The minimum Gasteiger partial charge on any atom is -0.496 e. The molecule has 1 aliphatic rings. The van der Waals surface area contributed by atoms with E-state index < -0.39 is 0 Å². The molecule has 0 radical (unpaired) electrons. The zero-order valence-electron chi connectivity index (χ0n) is 13.9. The molecule has 24 heavy (non-hydrogen) atoms. The van der Waals surface area contributed by atoms with Gasteiger partial charge >= 0.3 is 0 Å². The summed E-state index contributed by atoms with van der Waals surface area (Å²) in [5.41, 5.74) is 0.388. The highest BCUT2D eigenvalue weighted by molar-refractivity contribution is 5.99. The van der Waals surface area contributed by atoms with Gasteiger partial charge in [0.1, 0.15) is 23.5 Å². The summed E-state index contributed by atoms with van der Waals surface area (Å²) in [6.07, 6.45) is 0.536. The molecular formula is C17H21N3O4. The van der Waals surface area contributed by atoms with Crippen molar-refractivity contribution in [3.63, 3.8) is 0 Å². The fourth-order valence-electron chi connectivity index (χ4n) is 2.77. The van der Waals surface area contributed by atoms with Crippen LogP contribution < -0.4 is 9.47 Å². The van der Waals surface area contributed by atoms with E-state index in [0.29, 0.717) is 49.7 Å². The summed E-state index contributed by atoms with van der Waals surface area (Å²) in [5, 5.41) is 8.65. The Balaban J connectivity index is 2.17. The summed E-state index contributed by atoms with van der Waals surface area (Å²) in [6, 6.07) is 7.07. The van der Waals surface area contributed by atoms with E-state index >= 15 is 0 Å². The second kappa shape index (κ2) is 8.20. The number of ether oxygens (including phenoxy) is 2. The first kappa shape index (κ1) is 17.6. The van der Waals surface area contributed by atoms with Crippen LogP contribution in [-0.4, -0.2) is 62.0 Å². The Kier molecular flexibility index (Phi) is 6.01. The molecular weight excluding hydrogens is 310 g/mol. The maximum Gasteiger partial charge on any atom is 0.261 e. The van der Waals surface area contributed by atoms with E-state index in [1.165, 1.54) is 14.2 Å². The van der Waals surface area contributed by atoms with Gasteiger partial charge < -0.3 is 19.3 Å². The lowest BCUT2D eigenvalue weighted by molar-refractivity contribution is -0.130. The van der Waals surface area contributed by atoms with Crippen LogP contribution in [-0.2, 0) is 4.79 Å². The van der Waals surface area contributed by atoms with Crippen molar-refractivity contribution < 1.29 is 19.1 Å². The Hall–Kier alpha value is -2.75. The molecule has 1 saturated heterocycles. The molecule has 0 unspecified atom stereocenters. The maximum atomic E-state index is 12.9. The van der Waals surface area contributed by atoms with Crippen molar-refractivity contribution in [1.29, 1.82) is 5.26 Å². The summed E-state index contributed by atoms with van der Waals surface area (Å²) < 4.78 is 10.6. The molecule has 7 heteroatoms. The van der Waals surface area contributed by atoms with Crippen LogP contribution in [0.4, 0.5) is 0 Å². The molecule has 2 rings (SSSR count). The molecule has 2 amide bonds. The Morgan fingerprint density at radius 2 is 1.67 bits per heavy atom. The third-order valence-electron chi connectivity index (χ3n) is 4.01. The molecule has 0 saturated carbocycles. The SMILES string of the molecule is COc1cccc(OC)c1C(=O)N1CCCN(C(=O)CC#N)CC1. The van der Waals surface area contributed by atoms with Gasteiger partial charge in [0.25, 0.3) is 5.91 Å². The second-order valence-electron chi connectivity index (χ2n) is 5.40. The zero-order valence-corrected chi connectivity index (χ0v) is 13.9. The molecule has 0 N–H and O–H groups in total. The number of benzene rings is 1. The molecule has 128 valence electrons. The Morgan fingerprint density at radius 1 is 1.08 bits per heavy atom. The molecule has 1 aliphatic heterocycles. The van der Waals surface area contributed by atoms with Crippen molar-refractivity contribution in [2.24, 2.45) is 0 Å². The van der Waals surface area contributed by atoms with Gasteiger partial charge in [0.2, 0.25) is 5.91 Å². The normalized spacial score (nSPS) is 14.5. The standard InChI is InChI=1S/C17H21N3O4/c1-23-13-5-3-6-14(24-2)16(13)17(22)20-10-4-9-19(11-12-20)15(21)7-8-18/h3,5-6H,4,7,9-12H2,1-2H3. The van der Waals surface area contributed by atoms with Crippen molar-refractivity contribution >= 4 is 11.8 Å². The van der Waals surface area contributed by atoms with Gasteiger partial charge in [-0.15, -0.1) is 0 Å². The van der Waals surface area contributed by atoms with E-state index in [0.717, 1.165) is 0 Å². The topological polar surface area (TPSA) is 82.9 Å². The van der Waals surface area contributed by atoms with Gasteiger partial charge in [-0.3, -0.25) is 9.59 Å². The first-order valence-electron chi connectivity index (χ1n) is 7.77. The zero-order chi connectivity index (χ0) is 17.5. The minimum absolute atomic E-state index is 0.131. The average molecular weight is 331 g/mol. The Morgan fingerprint density at radius 3 is 2.25 bits per heavy atom. The summed E-state index contributed by atoms with van der Waals surface area (Å²) >= 11 is 0. The highest BCUT2D eigenvalue weighted by Crippen LogP contribution is 2.29. The van der Waals surface area contributed by atoms with Gasteiger partial charge in [0.15, 0.2) is 0 Å². The predicted octanol–water partition coefficient (Wildman–Crippen LogP) is 1.29. The lowest BCUT2D eigenvalue weighted by Crippen LogP contribution is -2.37. The van der Waals surface area contributed by atoms with Crippen LogP contribution in [0.1, 0.15) is 23.2 Å². The first-order chi connectivity index (χ1) is 11.6. The van der Waals surface area contributed by atoms with Crippen molar-refractivity contribution in [2.45, 2.75) is 12.8 Å². The largest absolute Gasteiger partial charge is 0.496 e. The van der Waals surface area contributed by atoms with E-state index in [2.05, 4.69) is 0 Å². The number of nitriles is 1. The van der Waals surface area contributed by atoms with E-state index in [9.17, 15) is 9.59 Å². The lowest BCUT2D eigenvalue weighted by atomic mass is 10.1. The van der Waals surface area contributed by atoms with Crippen LogP contribution in [0.5, 0.6) is 11.5 Å². The summed E-state index contributed by atoms with van der Waals surface area (Å²) in [5.74, 6) is 0.544. The van der Waals surface area contributed by atoms with Crippen LogP contribution in [0.3, 0.4) is 0 Å². The van der Waals surface area contributed by atoms with Crippen LogP contribution in [0.15, 0.2) is 18.2 Å². The van der Waals surface area contributed by atoms with Gasteiger partial charge in [-0.2, -0.15) is 5.26 Å². The van der Waals surface area contributed by atoms with Gasteiger partial charge in [-0.05, 0) is 18.6 Å². The summed E-state index contributed by atoms with van der Waals surface area (Å²) in [4.78, 5) is 28.1. The lowest BCUT2D eigenvalue weighted by Gasteiger charge is -2.23. The molecule has 0 aromatic heterocycles. The fraction of sp³-hybridized carbons (Fsp3) is 0.471. The number of nitrogens with zero attached hydrogens (tertiary/aromatic N) is 3. The monoisotopic (exact) mass is 331 g/mol. The van der Waals surface area contributed by atoms with Crippen LogP contribution in [0, 0.1) is 11.3 Å². The molecule has 1 heterocycles. The van der Waals surface area contributed by atoms with Crippen LogP contribution in [0.25, 0.3) is 0 Å². The van der Waals surface area contributed by atoms with Crippen molar-refractivity contribution in [3.05, 3.63) is 23.8 Å². The van der Waals surface area contributed by atoms with Crippen molar-refractivity contribution in [3.8, 4) is 17.6 Å². The molecule has 0 atom stereocenters. The van der Waals surface area contributed by atoms with E-state index in [1.54, 1.807) is 28.0 Å². The molecule has 0 bridgehead atoms. The average Bonchev–Trinajstić information content (AvgIpc) is 2.86. The number of rotatable bonds is 4. The van der Waals surface area contributed by atoms with E-state index in [1.807, 2.05) is 6.07 Å². The van der Waals surface area contributed by atoms with Gasteiger partial charge in [-0.25, -0.2) is 0 Å². The van der Waals surface area contributed by atoms with Gasteiger partial charge in [0.05, 0.1) is 20.3 Å². The second-order valence-corrected chi connectivity index (χ2v) is 5.40. The van der Waals surface area contributed by atoms with E-state index in [-0.39, 0.29) is 18.2 Å². The number of hydrogen-bond donors (Lipinski definition) is 0. The van der Waals surface area contributed by atoms with Crippen LogP contribution in [0.2, 0.25) is 0 Å². The molecule has 0 aliphatic carbocycles. The maximum absolute atomic E-state index is 12.9. The number of methoxy groups -OCH3 is 2. The molecule has 1 fully saturated rings. The third kappa shape index (κ3) is 3.77. The van der Waals surface area contributed by atoms with Gasteiger partial charge in [0, 0.05) is 26.2 Å².